The van der Waals surface area contributed by atoms with Gasteiger partial charge in [0.15, 0.2) is 0 Å². The number of ether oxygens (including phenoxy) is 2. The molecule has 1 heterocycles. The zero-order chi connectivity index (χ0) is 22.6. The molecule has 29 heavy (non-hydrogen) atoms. The van der Waals surface area contributed by atoms with Crippen LogP contribution < -0.4 is 5.32 Å². The van der Waals surface area contributed by atoms with Gasteiger partial charge in [-0.2, -0.15) is 0 Å². The summed E-state index contributed by atoms with van der Waals surface area (Å²) in [7, 11) is 0. The van der Waals surface area contributed by atoms with E-state index >= 15 is 0 Å². The van der Waals surface area contributed by atoms with Crippen molar-refractivity contribution in [2.24, 2.45) is 5.92 Å². The number of nitrogens with one attached hydrogen (secondary N) is 1. The summed E-state index contributed by atoms with van der Waals surface area (Å²) in [6.45, 7) is 13.3. The molecule has 1 aliphatic rings. The number of esters is 1. The largest absolute Gasteiger partial charge is 0.458 e. The maximum absolute atomic E-state index is 13.1. The molecule has 166 valence electrons. The van der Waals surface area contributed by atoms with Crippen LogP contribution in [0.1, 0.15) is 61.8 Å². The molecule has 0 saturated carbocycles. The maximum atomic E-state index is 13.1. The molecule has 0 aromatic carbocycles. The summed E-state index contributed by atoms with van der Waals surface area (Å²) in [5.74, 6) is -1.15. The van der Waals surface area contributed by atoms with Crippen molar-refractivity contribution in [3.05, 3.63) is 12.2 Å². The molecule has 0 unspecified atom stereocenters. The third-order valence-corrected chi connectivity index (χ3v) is 4.31. The molecule has 1 fully saturated rings. The summed E-state index contributed by atoms with van der Waals surface area (Å²) < 4.78 is 11.1. The molecule has 1 aliphatic heterocycles. The van der Waals surface area contributed by atoms with E-state index in [1.165, 1.54) is 11.8 Å². The first-order chi connectivity index (χ1) is 13.2. The Morgan fingerprint density at radius 1 is 1.14 bits per heavy atom. The summed E-state index contributed by atoms with van der Waals surface area (Å²) in [5, 5.41) is 12.6. The molecule has 2 amide bonds. The summed E-state index contributed by atoms with van der Waals surface area (Å²) in [4.78, 5) is 39.0. The minimum Gasteiger partial charge on any atom is -0.458 e. The molecule has 0 aromatic heterocycles. The third kappa shape index (κ3) is 7.34. The number of likely N-dealkylation sites (tertiary alicyclic amines) is 1. The summed E-state index contributed by atoms with van der Waals surface area (Å²) in [5.41, 5.74) is -1.50. The lowest BCUT2D eigenvalue weighted by molar-refractivity contribution is -0.160. The first-order valence-corrected chi connectivity index (χ1v) is 9.95. The zero-order valence-corrected chi connectivity index (χ0v) is 18.8. The average molecular weight is 413 g/mol. The Morgan fingerprint density at radius 3 is 2.10 bits per heavy atom. The molecule has 0 bridgehead atoms. The molecule has 4 atom stereocenters. The van der Waals surface area contributed by atoms with E-state index in [9.17, 15) is 19.5 Å². The number of carbonyl (C=O) groups is 3. The maximum Gasteiger partial charge on any atom is 0.411 e. The van der Waals surface area contributed by atoms with Gasteiger partial charge in [-0.15, -0.1) is 0 Å². The van der Waals surface area contributed by atoms with E-state index in [1.54, 1.807) is 41.5 Å². The molecule has 0 spiro atoms. The monoisotopic (exact) mass is 412 g/mol. The van der Waals surface area contributed by atoms with Crippen LogP contribution in [0.2, 0.25) is 0 Å². The second-order valence-corrected chi connectivity index (χ2v) is 9.34. The van der Waals surface area contributed by atoms with Crippen LogP contribution in [0.3, 0.4) is 0 Å². The van der Waals surface area contributed by atoms with E-state index in [1.807, 2.05) is 19.1 Å². The van der Waals surface area contributed by atoms with Crippen molar-refractivity contribution in [1.82, 2.24) is 10.2 Å². The third-order valence-electron chi connectivity index (χ3n) is 4.31. The van der Waals surface area contributed by atoms with Crippen LogP contribution in [0.25, 0.3) is 0 Å². The number of aliphatic hydroxyl groups excluding tert-OH is 1. The molecule has 0 aromatic rings. The van der Waals surface area contributed by atoms with Crippen molar-refractivity contribution in [3.8, 4) is 0 Å². The number of carbonyl (C=O) groups excluding carboxylic acids is 3. The first-order valence-electron chi connectivity index (χ1n) is 9.95. The van der Waals surface area contributed by atoms with Crippen molar-refractivity contribution in [3.63, 3.8) is 0 Å². The highest BCUT2D eigenvalue weighted by Gasteiger charge is 2.51. The quantitative estimate of drug-likeness (QED) is 0.531. The molecule has 1 rings (SSSR count). The number of amides is 2. The fourth-order valence-electron chi connectivity index (χ4n) is 3.50. The Labute approximate surface area is 173 Å². The van der Waals surface area contributed by atoms with Crippen LogP contribution in [0.4, 0.5) is 4.79 Å². The van der Waals surface area contributed by atoms with Gasteiger partial charge in [-0.1, -0.05) is 12.2 Å². The molecule has 1 saturated heterocycles. The van der Waals surface area contributed by atoms with Gasteiger partial charge in [0.2, 0.25) is 5.91 Å². The number of nitrogens with zero attached hydrogens (tertiary/aromatic N) is 1. The van der Waals surface area contributed by atoms with Gasteiger partial charge in [0, 0.05) is 12.8 Å². The summed E-state index contributed by atoms with van der Waals surface area (Å²) in [6.07, 6.45) is 3.31. The molecule has 0 radical (unpaired) electrons. The van der Waals surface area contributed by atoms with Crippen molar-refractivity contribution < 1.29 is 29.0 Å². The fraction of sp³-hybridized carbons (Fsp3) is 0.762. The Balaban J connectivity index is 3.41. The number of rotatable bonds is 5. The van der Waals surface area contributed by atoms with E-state index in [-0.39, 0.29) is 11.8 Å². The van der Waals surface area contributed by atoms with E-state index in [0.717, 1.165) is 0 Å². The van der Waals surface area contributed by atoms with Crippen molar-refractivity contribution >= 4 is 18.0 Å². The highest BCUT2D eigenvalue weighted by atomic mass is 16.6. The van der Waals surface area contributed by atoms with Gasteiger partial charge in [-0.05, 0) is 54.9 Å². The normalized spacial score (nSPS) is 23.8. The predicted octanol–water partition coefficient (Wildman–Crippen LogP) is 2.40. The summed E-state index contributed by atoms with van der Waals surface area (Å²) >= 11 is 0. The number of hydrogen-bond acceptors (Lipinski definition) is 6. The highest BCUT2D eigenvalue weighted by Crippen LogP contribution is 2.36. The van der Waals surface area contributed by atoms with Crippen LogP contribution in [0, 0.1) is 5.92 Å². The van der Waals surface area contributed by atoms with Gasteiger partial charge in [-0.3, -0.25) is 9.69 Å². The van der Waals surface area contributed by atoms with Crippen molar-refractivity contribution in [2.45, 2.75) is 91.1 Å². The molecule has 0 aliphatic carbocycles. The van der Waals surface area contributed by atoms with Crippen molar-refractivity contribution in [2.75, 3.05) is 6.61 Å². The van der Waals surface area contributed by atoms with E-state index in [0.29, 0.717) is 6.42 Å². The average Bonchev–Trinajstić information content (AvgIpc) is 2.89. The Kier molecular flexibility index (Phi) is 8.26. The topological polar surface area (TPSA) is 105 Å². The minimum atomic E-state index is -0.891. The summed E-state index contributed by atoms with van der Waals surface area (Å²) in [6, 6.07) is -2.31. The number of hydrogen-bond donors (Lipinski definition) is 2. The SMILES string of the molecule is C/C=C\[C@@H]1C[C@H](C(=O)OC(C)(C)C)N(C(=O)OC(C)(C)C)[C@H]1[C@H](CO)NC(C)=O. The molecule has 2 N–H and O–H groups in total. The van der Waals surface area contributed by atoms with Crippen molar-refractivity contribution in [1.29, 1.82) is 0 Å². The Morgan fingerprint density at radius 2 is 1.69 bits per heavy atom. The molecule has 8 nitrogen and oxygen atoms in total. The fourth-order valence-corrected chi connectivity index (χ4v) is 3.50. The van der Waals surface area contributed by atoms with Crippen LogP contribution in [0.5, 0.6) is 0 Å². The smallest absolute Gasteiger partial charge is 0.411 e. The van der Waals surface area contributed by atoms with E-state index in [2.05, 4.69) is 5.32 Å². The standard InChI is InChI=1S/C21H36N2O6/c1-9-10-14-11-16(18(26)28-20(3,4)5)23(19(27)29-21(6,7)8)17(14)15(12-24)22-13(2)25/h9-10,14-17,24H,11-12H2,1-8H3,(H,22,25)/b10-9-/t14-,15+,16-,17-/m1/s1. The second-order valence-electron chi connectivity index (χ2n) is 9.34. The van der Waals surface area contributed by atoms with Gasteiger partial charge in [-0.25, -0.2) is 9.59 Å². The van der Waals surface area contributed by atoms with Gasteiger partial charge in [0.25, 0.3) is 0 Å². The predicted molar refractivity (Wildman–Crippen MR) is 109 cm³/mol. The van der Waals surface area contributed by atoms with E-state index in [4.69, 9.17) is 9.47 Å². The van der Waals surface area contributed by atoms with Crippen LogP contribution in [-0.2, 0) is 19.1 Å². The number of allylic oxidation sites excluding steroid dienone is 1. The van der Waals surface area contributed by atoms with E-state index < -0.39 is 48.0 Å². The van der Waals surface area contributed by atoms with Gasteiger partial charge < -0.3 is 19.9 Å². The molecular weight excluding hydrogens is 376 g/mol. The van der Waals surface area contributed by atoms with Gasteiger partial charge >= 0.3 is 12.1 Å². The molecular formula is C21H36N2O6. The molecule has 8 heteroatoms. The Hall–Kier alpha value is -2.09. The van der Waals surface area contributed by atoms with Crippen LogP contribution in [-0.4, -0.2) is 63.9 Å². The van der Waals surface area contributed by atoms with Crippen LogP contribution >= 0.6 is 0 Å². The first kappa shape index (κ1) is 24.9. The van der Waals surface area contributed by atoms with Gasteiger partial charge in [0.1, 0.15) is 17.2 Å². The second kappa shape index (κ2) is 9.61. The van der Waals surface area contributed by atoms with Crippen LogP contribution in [0.15, 0.2) is 12.2 Å². The minimum absolute atomic E-state index is 0.269. The van der Waals surface area contributed by atoms with Gasteiger partial charge in [0.05, 0.1) is 18.7 Å². The highest BCUT2D eigenvalue weighted by molar-refractivity contribution is 5.83. The number of aliphatic hydroxyl groups is 1. The lowest BCUT2D eigenvalue weighted by atomic mass is 9.93. The lowest BCUT2D eigenvalue weighted by Crippen LogP contribution is -2.57. The lowest BCUT2D eigenvalue weighted by Gasteiger charge is -2.36. The Bertz CT molecular complexity index is 632. The zero-order valence-electron chi connectivity index (χ0n) is 18.8.